The number of hydrogen-bond donors (Lipinski definition) is 1. The molecule has 0 atom stereocenters. The van der Waals surface area contributed by atoms with Crippen LogP contribution >= 0.6 is 0 Å². The van der Waals surface area contributed by atoms with Gasteiger partial charge in [0.1, 0.15) is 0 Å². The van der Waals surface area contributed by atoms with Crippen molar-refractivity contribution in [2.24, 2.45) is 0 Å². The van der Waals surface area contributed by atoms with Crippen molar-refractivity contribution in [1.82, 2.24) is 14.8 Å². The van der Waals surface area contributed by atoms with Crippen molar-refractivity contribution in [3.63, 3.8) is 0 Å². The lowest BCUT2D eigenvalue weighted by Crippen LogP contribution is -2.44. The molecule has 3 heterocycles. The highest BCUT2D eigenvalue weighted by Crippen LogP contribution is 2.35. The van der Waals surface area contributed by atoms with Crippen LogP contribution in [0, 0.1) is 0 Å². The van der Waals surface area contributed by atoms with Crippen molar-refractivity contribution < 1.29 is 4.74 Å². The van der Waals surface area contributed by atoms with Crippen molar-refractivity contribution in [3.05, 3.63) is 54.7 Å². The summed E-state index contributed by atoms with van der Waals surface area (Å²) in [6.45, 7) is 9.95. The summed E-state index contributed by atoms with van der Waals surface area (Å²) in [6, 6.07) is 17.3. The van der Waals surface area contributed by atoms with Gasteiger partial charge >= 0.3 is 0 Å². The number of hydrogen-bond acceptors (Lipinski definition) is 6. The molecule has 6 nitrogen and oxygen atoms in total. The Balaban J connectivity index is 1.44. The number of nitrogens with zero attached hydrogens (tertiary/aromatic N) is 4. The zero-order valence-electron chi connectivity index (χ0n) is 19.0. The molecule has 0 amide bonds. The van der Waals surface area contributed by atoms with E-state index in [4.69, 9.17) is 9.72 Å². The van der Waals surface area contributed by atoms with Crippen LogP contribution in [-0.2, 0) is 4.74 Å². The molecule has 0 bridgehead atoms. The van der Waals surface area contributed by atoms with Crippen LogP contribution in [0.25, 0.3) is 22.0 Å². The minimum atomic E-state index is 0.836. The molecule has 0 saturated carbocycles. The summed E-state index contributed by atoms with van der Waals surface area (Å²) in [7, 11) is 2.19. The molecule has 2 aromatic carbocycles. The van der Waals surface area contributed by atoms with Crippen LogP contribution < -0.4 is 10.2 Å². The first-order valence-electron chi connectivity index (χ1n) is 11.7. The maximum Gasteiger partial charge on any atom is 0.0743 e. The number of ether oxygens (including phenoxy) is 1. The van der Waals surface area contributed by atoms with Crippen molar-refractivity contribution in [3.8, 4) is 11.1 Å². The van der Waals surface area contributed by atoms with E-state index in [1.54, 1.807) is 0 Å². The maximum atomic E-state index is 5.49. The number of nitrogens with one attached hydrogen (secondary N) is 1. The molecule has 3 aromatic rings. The van der Waals surface area contributed by atoms with E-state index in [-0.39, 0.29) is 0 Å². The molecule has 6 heteroatoms. The number of piperazine rings is 1. The Morgan fingerprint density at radius 2 is 1.72 bits per heavy atom. The molecule has 1 N–H and O–H groups in total. The van der Waals surface area contributed by atoms with E-state index >= 15 is 0 Å². The topological polar surface area (TPSA) is 43.9 Å². The number of aromatic nitrogens is 1. The van der Waals surface area contributed by atoms with Crippen molar-refractivity contribution in [1.29, 1.82) is 0 Å². The Labute approximate surface area is 190 Å². The fourth-order valence-corrected chi connectivity index (χ4v) is 4.63. The van der Waals surface area contributed by atoms with Crippen molar-refractivity contribution >= 4 is 22.3 Å². The highest BCUT2D eigenvalue weighted by molar-refractivity contribution is 6.00. The Hall–Kier alpha value is -2.67. The predicted octanol–water partition coefficient (Wildman–Crippen LogP) is 3.40. The van der Waals surface area contributed by atoms with Crippen LogP contribution in [0.2, 0.25) is 0 Å². The highest BCUT2D eigenvalue weighted by atomic mass is 16.5. The van der Waals surface area contributed by atoms with Crippen LogP contribution in [-0.4, -0.2) is 87.4 Å². The third kappa shape index (κ3) is 4.72. The van der Waals surface area contributed by atoms with E-state index in [2.05, 4.69) is 75.6 Å². The van der Waals surface area contributed by atoms with Crippen molar-refractivity contribution in [2.45, 2.75) is 0 Å². The standard InChI is InChI=1S/C26H33N5O/c1-29-11-13-31(14-12-29)22-7-8-23-25(19-22)28-20-24(21-5-3-2-4-6-21)26(23)27-9-10-30-15-17-32-18-16-30/h2-8,19-20H,9-18H2,1H3,(H,27,28). The van der Waals surface area contributed by atoms with Gasteiger partial charge < -0.3 is 19.9 Å². The quantitative estimate of drug-likeness (QED) is 0.645. The second-order valence-electron chi connectivity index (χ2n) is 8.79. The summed E-state index contributed by atoms with van der Waals surface area (Å²) < 4.78 is 5.49. The van der Waals surface area contributed by atoms with E-state index in [1.165, 1.54) is 22.3 Å². The van der Waals surface area contributed by atoms with Crippen molar-refractivity contribution in [2.75, 3.05) is 82.8 Å². The smallest absolute Gasteiger partial charge is 0.0743 e. The zero-order valence-corrected chi connectivity index (χ0v) is 19.0. The molecule has 0 spiro atoms. The molecule has 5 rings (SSSR count). The molecule has 2 fully saturated rings. The van der Waals surface area contributed by atoms with E-state index in [9.17, 15) is 0 Å². The molecule has 0 radical (unpaired) electrons. The monoisotopic (exact) mass is 431 g/mol. The van der Waals surface area contributed by atoms with Gasteiger partial charge in [-0.05, 0) is 30.8 Å². The molecule has 168 valence electrons. The van der Waals surface area contributed by atoms with Gasteiger partial charge in [0.25, 0.3) is 0 Å². The van der Waals surface area contributed by atoms with Crippen LogP contribution in [0.3, 0.4) is 0 Å². The first-order chi connectivity index (χ1) is 15.8. The number of likely N-dealkylation sites (N-methyl/N-ethyl adjacent to an activating group) is 1. The molecule has 32 heavy (non-hydrogen) atoms. The van der Waals surface area contributed by atoms with Crippen LogP contribution in [0.1, 0.15) is 0 Å². The SMILES string of the molecule is CN1CCN(c2ccc3c(NCCN4CCOCC4)c(-c4ccccc4)cnc3c2)CC1. The molecule has 2 aliphatic heterocycles. The van der Waals surface area contributed by atoms with Crippen LogP contribution in [0.15, 0.2) is 54.7 Å². The van der Waals surface area contributed by atoms with E-state index in [0.29, 0.717) is 0 Å². The number of rotatable bonds is 6. The Morgan fingerprint density at radius 3 is 2.50 bits per heavy atom. The summed E-state index contributed by atoms with van der Waals surface area (Å²) in [5.74, 6) is 0. The van der Waals surface area contributed by atoms with Gasteiger partial charge in [0.15, 0.2) is 0 Å². The summed E-state index contributed by atoms with van der Waals surface area (Å²) in [5, 5.41) is 4.95. The van der Waals surface area contributed by atoms with Gasteiger partial charge in [-0.1, -0.05) is 30.3 Å². The number of fused-ring (bicyclic) bond motifs is 1. The Bertz CT molecular complexity index is 1030. The highest BCUT2D eigenvalue weighted by Gasteiger charge is 2.17. The number of pyridine rings is 1. The van der Waals surface area contributed by atoms with E-state index in [1.807, 2.05) is 6.20 Å². The van der Waals surface area contributed by atoms with Gasteiger partial charge in [-0.2, -0.15) is 0 Å². The summed E-state index contributed by atoms with van der Waals surface area (Å²) in [4.78, 5) is 12.2. The summed E-state index contributed by atoms with van der Waals surface area (Å²) in [6.07, 6.45) is 2.03. The summed E-state index contributed by atoms with van der Waals surface area (Å²) in [5.41, 5.74) is 5.85. The van der Waals surface area contributed by atoms with E-state index in [0.717, 1.165) is 76.7 Å². The molecular weight excluding hydrogens is 398 g/mol. The zero-order chi connectivity index (χ0) is 21.8. The van der Waals surface area contributed by atoms with Crippen LogP contribution in [0.5, 0.6) is 0 Å². The molecular formula is C26H33N5O. The number of anilines is 2. The normalized spacial score (nSPS) is 18.2. The van der Waals surface area contributed by atoms with Gasteiger partial charge in [0.2, 0.25) is 0 Å². The number of morpholine rings is 1. The predicted molar refractivity (Wildman–Crippen MR) is 133 cm³/mol. The lowest BCUT2D eigenvalue weighted by atomic mass is 10.0. The van der Waals surface area contributed by atoms with Gasteiger partial charge in [-0.3, -0.25) is 9.88 Å². The van der Waals surface area contributed by atoms with Gasteiger partial charge in [-0.25, -0.2) is 0 Å². The average molecular weight is 432 g/mol. The molecule has 1 aromatic heterocycles. The second kappa shape index (κ2) is 9.86. The third-order valence-corrected chi connectivity index (χ3v) is 6.64. The van der Waals surface area contributed by atoms with Crippen LogP contribution in [0.4, 0.5) is 11.4 Å². The first-order valence-corrected chi connectivity index (χ1v) is 11.7. The fraction of sp³-hybridized carbons (Fsp3) is 0.423. The third-order valence-electron chi connectivity index (χ3n) is 6.64. The lowest BCUT2D eigenvalue weighted by molar-refractivity contribution is 0.0398. The second-order valence-corrected chi connectivity index (χ2v) is 8.79. The first kappa shape index (κ1) is 21.2. The average Bonchev–Trinajstić information content (AvgIpc) is 2.85. The number of benzene rings is 2. The minimum Gasteiger partial charge on any atom is -0.383 e. The van der Waals surface area contributed by atoms with Gasteiger partial charge in [0.05, 0.1) is 24.4 Å². The largest absolute Gasteiger partial charge is 0.383 e. The maximum absolute atomic E-state index is 5.49. The minimum absolute atomic E-state index is 0.836. The molecule has 0 aliphatic carbocycles. The molecule has 2 aliphatic rings. The Kier molecular flexibility index (Phi) is 6.53. The van der Waals surface area contributed by atoms with Gasteiger partial charge in [-0.15, -0.1) is 0 Å². The van der Waals surface area contributed by atoms with E-state index < -0.39 is 0 Å². The lowest BCUT2D eigenvalue weighted by Gasteiger charge is -2.34. The Morgan fingerprint density at radius 1 is 0.938 bits per heavy atom. The fourth-order valence-electron chi connectivity index (χ4n) is 4.63. The molecule has 0 unspecified atom stereocenters. The molecule has 2 saturated heterocycles. The summed E-state index contributed by atoms with van der Waals surface area (Å²) >= 11 is 0. The van der Waals surface area contributed by atoms with Gasteiger partial charge in [0, 0.05) is 75.2 Å².